The van der Waals surface area contributed by atoms with Gasteiger partial charge in [-0.3, -0.25) is 20.0 Å². The molecule has 3 N–H and O–H groups in total. The van der Waals surface area contributed by atoms with Gasteiger partial charge in [0.05, 0.1) is 10.7 Å². The molecule has 3 rings (SSSR count). The molecular weight excluding hydrogens is 272 g/mol. The van der Waals surface area contributed by atoms with E-state index in [1.54, 1.807) is 7.05 Å². The van der Waals surface area contributed by atoms with Crippen molar-refractivity contribution in [2.75, 3.05) is 7.05 Å². The van der Waals surface area contributed by atoms with Crippen molar-refractivity contribution in [2.24, 2.45) is 0 Å². The number of fused-ring (bicyclic) bond motifs is 2. The molecule has 0 aromatic rings. The van der Waals surface area contributed by atoms with Crippen molar-refractivity contribution in [3.05, 3.63) is 22.4 Å². The lowest BCUT2D eigenvalue weighted by Gasteiger charge is -2.43. The molecule has 1 fully saturated rings. The topological polar surface area (TPSA) is 82.0 Å². The molecule has 7 heteroatoms. The molecule has 0 radical (unpaired) electrons. The van der Waals surface area contributed by atoms with Gasteiger partial charge < -0.3 is 10.2 Å². The van der Waals surface area contributed by atoms with E-state index in [1.807, 2.05) is 6.08 Å². The normalized spacial score (nSPS) is 37.8. The fraction of sp³-hybridized carbons (Fsp3) is 0.583. The van der Waals surface area contributed by atoms with Crippen LogP contribution in [0.1, 0.15) is 19.3 Å². The fourth-order valence-electron chi connectivity index (χ4n) is 3.03. The van der Waals surface area contributed by atoms with Gasteiger partial charge in [-0.15, -0.1) is 0 Å². The average Bonchev–Trinajstić information content (AvgIpc) is 2.68. The number of rotatable bonds is 1. The number of hydroxylamine groups is 2. The average molecular weight is 287 g/mol. The molecule has 19 heavy (non-hydrogen) atoms. The van der Waals surface area contributed by atoms with Crippen molar-refractivity contribution in [2.45, 2.75) is 37.1 Å². The van der Waals surface area contributed by atoms with E-state index in [-0.39, 0.29) is 6.42 Å². The van der Waals surface area contributed by atoms with E-state index in [9.17, 15) is 9.90 Å². The van der Waals surface area contributed by atoms with Crippen LogP contribution in [-0.4, -0.2) is 46.2 Å². The number of carboxylic acids is 1. The zero-order valence-electron chi connectivity index (χ0n) is 10.4. The molecule has 2 heterocycles. The van der Waals surface area contributed by atoms with Crippen molar-refractivity contribution in [1.82, 2.24) is 10.4 Å². The zero-order chi connectivity index (χ0) is 13.8. The van der Waals surface area contributed by atoms with Crippen LogP contribution >= 0.6 is 11.6 Å². The second-order valence-corrected chi connectivity index (χ2v) is 5.49. The Morgan fingerprint density at radius 2 is 2.42 bits per heavy atom. The molecule has 104 valence electrons. The van der Waals surface area contributed by atoms with Gasteiger partial charge in [0.25, 0.3) is 0 Å². The van der Waals surface area contributed by atoms with Gasteiger partial charge in [0, 0.05) is 13.5 Å². The third-order valence-corrected chi connectivity index (χ3v) is 4.26. The highest BCUT2D eigenvalue weighted by Crippen LogP contribution is 2.45. The molecule has 6 nitrogen and oxygen atoms in total. The summed E-state index contributed by atoms with van der Waals surface area (Å²) in [6.45, 7) is 0. The first kappa shape index (κ1) is 12.9. The van der Waals surface area contributed by atoms with E-state index < -0.39 is 23.8 Å². The van der Waals surface area contributed by atoms with Gasteiger partial charge in [-0.05, 0) is 18.4 Å². The Kier molecular flexibility index (Phi) is 2.86. The number of hydrogen-bond donors (Lipinski definition) is 3. The van der Waals surface area contributed by atoms with Gasteiger partial charge in [0.2, 0.25) is 0 Å². The summed E-state index contributed by atoms with van der Waals surface area (Å²) in [5, 5.41) is 24.8. The predicted molar refractivity (Wildman–Crippen MR) is 67.0 cm³/mol. The van der Waals surface area contributed by atoms with Crippen molar-refractivity contribution >= 4 is 17.6 Å². The minimum absolute atomic E-state index is 0.0871. The highest BCUT2D eigenvalue weighted by atomic mass is 35.5. The van der Waals surface area contributed by atoms with E-state index >= 15 is 0 Å². The number of nitrogens with zero attached hydrogens (tertiary/aromatic N) is 1. The predicted octanol–water partition coefficient (Wildman–Crippen LogP) is 0.538. The standard InChI is InChI=1S/C12H15ClN2O4/c1-15-9-6(3-2-4-7(9)13)12(18)5-8(10(16)17)14-11(12)19-15/h4,8,11,14,18H,2-3,5H2,1H3,(H,16,17)/t8-,11+,12+/m0/s1. The van der Waals surface area contributed by atoms with E-state index in [2.05, 4.69) is 5.32 Å². The number of carboxylic acid groups (broad SMARTS) is 1. The van der Waals surface area contributed by atoms with Gasteiger partial charge in [0.1, 0.15) is 11.6 Å². The van der Waals surface area contributed by atoms with Crippen LogP contribution in [0.25, 0.3) is 0 Å². The maximum atomic E-state index is 11.1. The summed E-state index contributed by atoms with van der Waals surface area (Å²) in [5.74, 6) is -0.992. The first-order valence-corrected chi connectivity index (χ1v) is 6.52. The first-order valence-electron chi connectivity index (χ1n) is 6.15. The van der Waals surface area contributed by atoms with Crippen LogP contribution in [0.15, 0.2) is 22.4 Å². The maximum absolute atomic E-state index is 11.1. The lowest BCUT2D eigenvalue weighted by Crippen LogP contribution is -2.54. The summed E-state index contributed by atoms with van der Waals surface area (Å²) in [5.41, 5.74) is 0.105. The number of allylic oxidation sites excluding steroid dienone is 2. The van der Waals surface area contributed by atoms with E-state index in [1.165, 1.54) is 5.06 Å². The molecule has 3 atom stereocenters. The molecule has 0 aromatic heterocycles. The Morgan fingerprint density at radius 3 is 3.11 bits per heavy atom. The van der Waals surface area contributed by atoms with Crippen molar-refractivity contribution in [3.63, 3.8) is 0 Å². The minimum Gasteiger partial charge on any atom is -0.480 e. The number of hydrogen-bond acceptors (Lipinski definition) is 5. The molecule has 0 saturated carbocycles. The first-order chi connectivity index (χ1) is 8.93. The van der Waals surface area contributed by atoms with Gasteiger partial charge >= 0.3 is 5.97 Å². The molecule has 0 aromatic carbocycles. The summed E-state index contributed by atoms with van der Waals surface area (Å²) in [6, 6.07) is -0.820. The number of carbonyl (C=O) groups is 1. The van der Waals surface area contributed by atoms with Crippen molar-refractivity contribution in [1.29, 1.82) is 0 Å². The Morgan fingerprint density at radius 1 is 1.68 bits per heavy atom. The monoisotopic (exact) mass is 286 g/mol. The van der Waals surface area contributed by atoms with Gasteiger partial charge in [-0.2, -0.15) is 0 Å². The summed E-state index contributed by atoms with van der Waals surface area (Å²) < 4.78 is 0. The summed E-state index contributed by atoms with van der Waals surface area (Å²) in [7, 11) is 1.70. The van der Waals surface area contributed by atoms with Crippen LogP contribution in [0.2, 0.25) is 0 Å². The van der Waals surface area contributed by atoms with E-state index in [4.69, 9.17) is 21.5 Å². The Balaban J connectivity index is 2.04. The molecule has 2 aliphatic heterocycles. The molecule has 0 bridgehead atoms. The van der Waals surface area contributed by atoms with Crippen molar-refractivity contribution < 1.29 is 19.8 Å². The number of nitrogens with one attached hydrogen (secondary N) is 1. The SMILES string of the molecule is CN1O[C@H]2N[C@H](C(=O)O)C[C@@]2(O)C2=C1C(Cl)=CCC2. The van der Waals surface area contributed by atoms with Crippen molar-refractivity contribution in [3.8, 4) is 0 Å². The fourth-order valence-corrected chi connectivity index (χ4v) is 3.37. The highest BCUT2D eigenvalue weighted by molar-refractivity contribution is 6.32. The van der Waals surface area contributed by atoms with Crippen LogP contribution in [0.4, 0.5) is 0 Å². The van der Waals surface area contributed by atoms with E-state index in [0.717, 1.165) is 12.0 Å². The smallest absolute Gasteiger partial charge is 0.320 e. The lowest BCUT2D eigenvalue weighted by atomic mass is 9.82. The number of aliphatic hydroxyl groups is 1. The molecule has 1 aliphatic carbocycles. The second kappa shape index (κ2) is 4.21. The quantitative estimate of drug-likeness (QED) is 0.653. The third-order valence-electron chi connectivity index (χ3n) is 3.93. The van der Waals surface area contributed by atoms with Crippen LogP contribution in [0, 0.1) is 0 Å². The number of aliphatic carboxylic acids is 1. The highest BCUT2D eigenvalue weighted by Gasteiger charge is 2.56. The molecule has 3 aliphatic rings. The number of likely N-dealkylation sites (N-methyl/N-ethyl adjacent to an activating group) is 1. The largest absolute Gasteiger partial charge is 0.480 e. The van der Waals surface area contributed by atoms with Gasteiger partial charge in [-0.25, -0.2) is 0 Å². The van der Waals surface area contributed by atoms with Crippen LogP contribution in [-0.2, 0) is 9.63 Å². The summed E-state index contributed by atoms with van der Waals surface area (Å²) in [4.78, 5) is 16.7. The molecule has 0 spiro atoms. The minimum atomic E-state index is -1.31. The number of halogens is 1. The Bertz CT molecular complexity index is 504. The van der Waals surface area contributed by atoms with Crippen LogP contribution in [0.5, 0.6) is 0 Å². The second-order valence-electron chi connectivity index (χ2n) is 5.09. The zero-order valence-corrected chi connectivity index (χ0v) is 11.1. The third kappa shape index (κ3) is 1.79. The lowest BCUT2D eigenvalue weighted by molar-refractivity contribution is -0.224. The van der Waals surface area contributed by atoms with Gasteiger partial charge in [0.15, 0.2) is 6.23 Å². The van der Waals surface area contributed by atoms with Gasteiger partial charge in [-0.1, -0.05) is 17.7 Å². The summed E-state index contributed by atoms with van der Waals surface area (Å²) >= 11 is 6.17. The van der Waals surface area contributed by atoms with Crippen LogP contribution in [0.3, 0.4) is 0 Å². The van der Waals surface area contributed by atoms with E-state index in [0.29, 0.717) is 17.2 Å². The Hall–Kier alpha value is -1.08. The molecule has 1 saturated heterocycles. The Labute approximate surface area is 115 Å². The van der Waals surface area contributed by atoms with Crippen LogP contribution < -0.4 is 5.32 Å². The maximum Gasteiger partial charge on any atom is 0.320 e. The molecule has 0 amide bonds. The summed E-state index contributed by atoms with van der Waals surface area (Å²) in [6.07, 6.45) is 2.60. The molecule has 0 unspecified atom stereocenters. The molecular formula is C12H15ClN2O4.